The third kappa shape index (κ3) is 3.13. The van der Waals surface area contributed by atoms with Gasteiger partial charge >= 0.3 is 0 Å². The molecule has 0 unspecified atom stereocenters. The van der Waals surface area contributed by atoms with E-state index in [0.717, 1.165) is 11.3 Å². The first-order valence-electron chi connectivity index (χ1n) is 4.77. The fraction of sp³-hybridized carbons (Fsp3) is 0.167. The van der Waals surface area contributed by atoms with Crippen LogP contribution in [-0.2, 0) is 6.42 Å². The summed E-state index contributed by atoms with van der Waals surface area (Å²) in [5.74, 6) is 0. The topological polar surface area (TPSA) is 79.8 Å². The van der Waals surface area contributed by atoms with Crippen LogP contribution in [0.3, 0.4) is 0 Å². The van der Waals surface area contributed by atoms with Gasteiger partial charge < -0.3 is 10.4 Å². The number of benzene rings is 1. The van der Waals surface area contributed by atoms with Gasteiger partial charge in [-0.1, -0.05) is 18.2 Å². The Hall–Kier alpha value is -2.30. The van der Waals surface area contributed by atoms with Crippen molar-refractivity contribution >= 4 is 5.69 Å². The summed E-state index contributed by atoms with van der Waals surface area (Å²) in [6.07, 6.45) is 1.89. The summed E-state index contributed by atoms with van der Waals surface area (Å²) in [5, 5.41) is 28.9. The van der Waals surface area contributed by atoms with E-state index in [4.69, 9.17) is 15.6 Å². The van der Waals surface area contributed by atoms with Crippen molar-refractivity contribution in [3.8, 4) is 12.1 Å². The number of nitrogens with one attached hydrogen (secondary N) is 1. The first-order chi connectivity index (χ1) is 7.81. The SMILES string of the molecule is N#CC(C#N)=CNc1ccccc1CCO. The quantitative estimate of drug-likeness (QED) is 0.744. The summed E-state index contributed by atoms with van der Waals surface area (Å²) in [7, 11) is 0. The van der Waals surface area contributed by atoms with Gasteiger partial charge in [0.15, 0.2) is 0 Å². The Kier molecular flexibility index (Phi) is 4.59. The van der Waals surface area contributed by atoms with Crippen LogP contribution in [-0.4, -0.2) is 11.7 Å². The number of aliphatic hydroxyl groups excluding tert-OH is 1. The maximum absolute atomic E-state index is 8.87. The largest absolute Gasteiger partial charge is 0.396 e. The molecule has 0 heterocycles. The van der Waals surface area contributed by atoms with E-state index < -0.39 is 0 Å². The molecule has 0 aliphatic rings. The standard InChI is InChI=1S/C12H11N3O/c13-7-10(8-14)9-15-12-4-2-1-3-11(12)5-6-16/h1-4,9,15-16H,5-6H2. The summed E-state index contributed by atoms with van der Waals surface area (Å²) < 4.78 is 0. The number of rotatable bonds is 4. The Morgan fingerprint density at radius 1 is 1.31 bits per heavy atom. The van der Waals surface area contributed by atoms with Gasteiger partial charge in [0, 0.05) is 18.5 Å². The molecule has 16 heavy (non-hydrogen) atoms. The van der Waals surface area contributed by atoms with Gasteiger partial charge in [0.05, 0.1) is 0 Å². The minimum Gasteiger partial charge on any atom is -0.396 e. The molecule has 0 saturated carbocycles. The lowest BCUT2D eigenvalue weighted by Gasteiger charge is -2.07. The Morgan fingerprint density at radius 2 is 2.00 bits per heavy atom. The highest BCUT2D eigenvalue weighted by molar-refractivity contribution is 5.55. The average Bonchev–Trinajstić information content (AvgIpc) is 2.33. The van der Waals surface area contributed by atoms with Crippen LogP contribution in [0, 0.1) is 22.7 Å². The van der Waals surface area contributed by atoms with E-state index >= 15 is 0 Å². The van der Waals surface area contributed by atoms with Crippen LogP contribution in [0.2, 0.25) is 0 Å². The van der Waals surface area contributed by atoms with Crippen LogP contribution in [0.25, 0.3) is 0 Å². The molecule has 1 rings (SSSR count). The zero-order chi connectivity index (χ0) is 11.8. The van der Waals surface area contributed by atoms with E-state index in [9.17, 15) is 0 Å². The lowest BCUT2D eigenvalue weighted by atomic mass is 10.1. The maximum atomic E-state index is 8.87. The summed E-state index contributed by atoms with van der Waals surface area (Å²) in [4.78, 5) is 0. The van der Waals surface area contributed by atoms with Crippen molar-refractivity contribution in [2.24, 2.45) is 0 Å². The fourth-order valence-electron chi connectivity index (χ4n) is 1.24. The molecule has 0 atom stereocenters. The number of allylic oxidation sites excluding steroid dienone is 1. The monoisotopic (exact) mass is 213 g/mol. The first-order valence-corrected chi connectivity index (χ1v) is 4.77. The van der Waals surface area contributed by atoms with Crippen LogP contribution in [0.15, 0.2) is 36.0 Å². The molecule has 0 aromatic heterocycles. The number of nitrogens with zero attached hydrogens (tertiary/aromatic N) is 2. The number of hydrogen-bond donors (Lipinski definition) is 2. The highest BCUT2D eigenvalue weighted by Crippen LogP contribution is 2.15. The predicted molar refractivity (Wildman–Crippen MR) is 60.2 cm³/mol. The van der Waals surface area contributed by atoms with Crippen molar-refractivity contribution in [2.45, 2.75) is 6.42 Å². The van der Waals surface area contributed by atoms with Crippen LogP contribution in [0.4, 0.5) is 5.69 Å². The van der Waals surface area contributed by atoms with Gasteiger partial charge in [0.2, 0.25) is 0 Å². The molecule has 2 N–H and O–H groups in total. The molecule has 4 heteroatoms. The number of para-hydroxylation sites is 1. The molecule has 80 valence electrons. The van der Waals surface area contributed by atoms with Crippen molar-refractivity contribution in [1.82, 2.24) is 0 Å². The zero-order valence-corrected chi connectivity index (χ0v) is 8.64. The van der Waals surface area contributed by atoms with E-state index in [2.05, 4.69) is 5.32 Å². The Bertz CT molecular complexity index is 450. The zero-order valence-electron chi connectivity index (χ0n) is 8.64. The van der Waals surface area contributed by atoms with E-state index in [1.807, 2.05) is 24.3 Å². The van der Waals surface area contributed by atoms with Crippen LogP contribution in [0.5, 0.6) is 0 Å². The normalized spacial score (nSPS) is 8.69. The molecule has 0 radical (unpaired) electrons. The van der Waals surface area contributed by atoms with Crippen molar-refractivity contribution in [1.29, 1.82) is 10.5 Å². The fourth-order valence-corrected chi connectivity index (χ4v) is 1.24. The molecule has 0 fully saturated rings. The molecule has 4 nitrogen and oxygen atoms in total. The second kappa shape index (κ2) is 6.23. The Balaban J connectivity index is 2.86. The predicted octanol–water partition coefficient (Wildman–Crippen LogP) is 1.56. The molecule has 0 saturated heterocycles. The second-order valence-corrected chi connectivity index (χ2v) is 3.06. The van der Waals surface area contributed by atoms with Crippen molar-refractivity contribution in [3.63, 3.8) is 0 Å². The van der Waals surface area contributed by atoms with Gasteiger partial charge in [-0.15, -0.1) is 0 Å². The number of nitriles is 2. The van der Waals surface area contributed by atoms with E-state index in [0.29, 0.717) is 6.42 Å². The van der Waals surface area contributed by atoms with Gasteiger partial charge in [0.1, 0.15) is 17.7 Å². The van der Waals surface area contributed by atoms with Crippen molar-refractivity contribution < 1.29 is 5.11 Å². The second-order valence-electron chi connectivity index (χ2n) is 3.06. The Morgan fingerprint density at radius 3 is 2.62 bits per heavy atom. The number of anilines is 1. The minimum absolute atomic E-state index is 0.0128. The third-order valence-electron chi connectivity index (χ3n) is 2.01. The molecule has 1 aromatic carbocycles. The summed E-state index contributed by atoms with van der Waals surface area (Å²) >= 11 is 0. The smallest absolute Gasteiger partial charge is 0.145 e. The van der Waals surface area contributed by atoms with Crippen molar-refractivity contribution in [3.05, 3.63) is 41.6 Å². The van der Waals surface area contributed by atoms with Gasteiger partial charge in [-0.3, -0.25) is 0 Å². The van der Waals surface area contributed by atoms with E-state index in [1.54, 1.807) is 12.1 Å². The summed E-state index contributed by atoms with van der Waals surface area (Å²) in [6, 6.07) is 10.9. The highest BCUT2D eigenvalue weighted by Gasteiger charge is 1.99. The lowest BCUT2D eigenvalue weighted by molar-refractivity contribution is 0.300. The van der Waals surface area contributed by atoms with Gasteiger partial charge in [-0.25, -0.2) is 0 Å². The highest BCUT2D eigenvalue weighted by atomic mass is 16.2. The molecular weight excluding hydrogens is 202 g/mol. The van der Waals surface area contributed by atoms with Crippen LogP contribution in [0.1, 0.15) is 5.56 Å². The lowest BCUT2D eigenvalue weighted by Crippen LogP contribution is -1.98. The van der Waals surface area contributed by atoms with Crippen molar-refractivity contribution in [2.75, 3.05) is 11.9 Å². The first kappa shape index (κ1) is 11.8. The van der Waals surface area contributed by atoms with Gasteiger partial charge in [-0.2, -0.15) is 10.5 Å². The van der Waals surface area contributed by atoms with E-state index in [1.165, 1.54) is 6.20 Å². The molecule has 0 bridgehead atoms. The van der Waals surface area contributed by atoms with Crippen LogP contribution >= 0.6 is 0 Å². The average molecular weight is 213 g/mol. The summed E-state index contributed by atoms with van der Waals surface area (Å²) in [6.45, 7) is 0.0613. The minimum atomic E-state index is 0.0128. The number of aliphatic hydroxyl groups is 1. The molecule has 0 amide bonds. The van der Waals surface area contributed by atoms with E-state index in [-0.39, 0.29) is 12.2 Å². The van der Waals surface area contributed by atoms with Gasteiger partial charge in [0.25, 0.3) is 0 Å². The molecule has 1 aromatic rings. The Labute approximate surface area is 94.1 Å². The van der Waals surface area contributed by atoms with Crippen LogP contribution < -0.4 is 5.32 Å². The van der Waals surface area contributed by atoms with Gasteiger partial charge in [-0.05, 0) is 18.1 Å². The molecule has 0 aliphatic carbocycles. The molecule has 0 aliphatic heterocycles. The maximum Gasteiger partial charge on any atom is 0.145 e. The number of hydrogen-bond acceptors (Lipinski definition) is 4. The summed E-state index contributed by atoms with van der Waals surface area (Å²) in [5.41, 5.74) is 1.75. The molecule has 0 spiro atoms. The molecular formula is C12H11N3O. The third-order valence-corrected chi connectivity index (χ3v) is 2.01.